The number of fused-ring (bicyclic) bond motifs is 9. The lowest BCUT2D eigenvalue weighted by Crippen LogP contribution is -1.94. The third-order valence-electron chi connectivity index (χ3n) is 12.8. The SMILES string of the molecule is c1ccc(-c2ccc3c(c2)-c2cccc4c(-c5ccc(-n6c7ccccc7c7cc(-c8ccc9sc%10ccc(-c%11ccccc%11)cc%10c9c8)ccc76)cc5)ccc-3c24)cc1. The van der Waals surface area contributed by atoms with Crippen molar-refractivity contribution >= 4 is 64.1 Å². The molecule has 0 fully saturated rings. The van der Waals surface area contributed by atoms with Crippen molar-refractivity contribution < 1.29 is 0 Å². The fourth-order valence-electron chi connectivity index (χ4n) is 9.91. The molecule has 1 nitrogen and oxygen atoms in total. The first-order valence-electron chi connectivity index (χ1n) is 20.7. The standard InChI is InChI=1S/C58H35NS/c1-3-10-36(11-4-1)39-20-26-45-49-28-27-44(47-15-9-16-48(58(47)49)50(45)32-39)38-18-24-43(25-19-38)59-54-17-8-7-14-46(54)51-33-41(21-29-55(51)59)42-23-31-57-53(35-42)52-34-40(22-30-56(52)60-57)37-12-5-2-6-13-37/h1-35H. The molecule has 0 N–H and O–H groups in total. The molecule has 0 saturated heterocycles. The van der Waals surface area contributed by atoms with Crippen molar-refractivity contribution in [1.82, 2.24) is 4.57 Å². The number of rotatable bonds is 5. The highest BCUT2D eigenvalue weighted by Crippen LogP contribution is 2.50. The molecule has 0 atom stereocenters. The van der Waals surface area contributed by atoms with E-state index < -0.39 is 0 Å². The summed E-state index contributed by atoms with van der Waals surface area (Å²) in [5.41, 5.74) is 18.8. The molecule has 0 unspecified atom stereocenters. The number of hydrogen-bond acceptors (Lipinski definition) is 1. The van der Waals surface area contributed by atoms with Crippen LogP contribution in [0.15, 0.2) is 212 Å². The first-order chi connectivity index (χ1) is 29.7. The molecule has 10 aromatic carbocycles. The third kappa shape index (κ3) is 5.05. The van der Waals surface area contributed by atoms with Crippen molar-refractivity contribution in [3.8, 4) is 72.4 Å². The largest absolute Gasteiger partial charge is 0.309 e. The lowest BCUT2D eigenvalue weighted by Gasteiger charge is -2.12. The second-order valence-corrected chi connectivity index (χ2v) is 17.1. The average molecular weight is 778 g/mol. The highest BCUT2D eigenvalue weighted by Gasteiger charge is 2.23. The van der Waals surface area contributed by atoms with Gasteiger partial charge in [-0.05, 0) is 138 Å². The van der Waals surface area contributed by atoms with Gasteiger partial charge in [-0.3, -0.25) is 0 Å². The van der Waals surface area contributed by atoms with Gasteiger partial charge in [0.2, 0.25) is 0 Å². The van der Waals surface area contributed by atoms with E-state index in [1.54, 1.807) is 0 Å². The van der Waals surface area contributed by atoms with Gasteiger partial charge in [0.1, 0.15) is 0 Å². The van der Waals surface area contributed by atoms with E-state index in [1.807, 2.05) is 11.3 Å². The topological polar surface area (TPSA) is 4.93 Å². The van der Waals surface area contributed by atoms with Gasteiger partial charge in [0, 0.05) is 36.6 Å². The quantitative estimate of drug-likeness (QED) is 0.164. The van der Waals surface area contributed by atoms with Gasteiger partial charge in [-0.1, -0.05) is 152 Å². The highest BCUT2D eigenvalue weighted by molar-refractivity contribution is 7.25. The molecule has 1 aliphatic carbocycles. The summed E-state index contributed by atoms with van der Waals surface area (Å²) < 4.78 is 5.07. The van der Waals surface area contributed by atoms with Crippen LogP contribution in [0.1, 0.15) is 0 Å². The van der Waals surface area contributed by atoms with Crippen LogP contribution in [0.4, 0.5) is 0 Å². The van der Waals surface area contributed by atoms with Crippen molar-refractivity contribution in [3.63, 3.8) is 0 Å². The Labute approximate surface area is 351 Å². The van der Waals surface area contributed by atoms with Gasteiger partial charge in [0.25, 0.3) is 0 Å². The van der Waals surface area contributed by atoms with Gasteiger partial charge < -0.3 is 4.57 Å². The highest BCUT2D eigenvalue weighted by atomic mass is 32.1. The first-order valence-corrected chi connectivity index (χ1v) is 21.5. The lowest BCUT2D eigenvalue weighted by molar-refractivity contribution is 1.18. The second kappa shape index (κ2) is 13.0. The summed E-state index contributed by atoms with van der Waals surface area (Å²) in [6.07, 6.45) is 0. The summed E-state index contributed by atoms with van der Waals surface area (Å²) in [6.45, 7) is 0. The van der Waals surface area contributed by atoms with Gasteiger partial charge in [-0.15, -0.1) is 11.3 Å². The van der Waals surface area contributed by atoms with Gasteiger partial charge >= 0.3 is 0 Å². The number of para-hydroxylation sites is 1. The van der Waals surface area contributed by atoms with Crippen LogP contribution in [-0.4, -0.2) is 4.57 Å². The molecular formula is C58H35NS. The summed E-state index contributed by atoms with van der Waals surface area (Å²) in [4.78, 5) is 0. The number of thiophene rings is 1. The molecule has 13 rings (SSSR count). The summed E-state index contributed by atoms with van der Waals surface area (Å²) in [6, 6.07) is 78.6. The minimum atomic E-state index is 1.16. The fourth-order valence-corrected chi connectivity index (χ4v) is 11.0. The van der Waals surface area contributed by atoms with Crippen LogP contribution in [0.25, 0.3) is 125 Å². The van der Waals surface area contributed by atoms with E-state index in [0.29, 0.717) is 0 Å². The molecular weight excluding hydrogens is 743 g/mol. The average Bonchev–Trinajstić information content (AvgIpc) is 3.97. The molecule has 2 heterocycles. The molecule has 2 aromatic heterocycles. The Kier molecular flexibility index (Phi) is 7.24. The first kappa shape index (κ1) is 33.5. The maximum absolute atomic E-state index is 2.42. The Bertz CT molecular complexity index is 3680. The lowest BCUT2D eigenvalue weighted by atomic mass is 9.94. The van der Waals surface area contributed by atoms with E-state index in [9.17, 15) is 0 Å². The van der Waals surface area contributed by atoms with Crippen LogP contribution in [0.3, 0.4) is 0 Å². The molecule has 0 aliphatic heterocycles. The second-order valence-electron chi connectivity index (χ2n) is 16.0. The van der Waals surface area contributed by atoms with Crippen LogP contribution in [0, 0.1) is 0 Å². The Morgan fingerprint density at radius 1 is 0.267 bits per heavy atom. The van der Waals surface area contributed by atoms with Gasteiger partial charge in [-0.2, -0.15) is 0 Å². The Balaban J connectivity index is 0.881. The molecule has 12 aromatic rings. The van der Waals surface area contributed by atoms with Crippen molar-refractivity contribution in [2.45, 2.75) is 0 Å². The Hall–Kier alpha value is -7.52. The predicted molar refractivity (Wildman–Crippen MR) is 257 cm³/mol. The number of hydrogen-bond donors (Lipinski definition) is 0. The van der Waals surface area contributed by atoms with Gasteiger partial charge in [0.05, 0.1) is 11.0 Å². The normalized spacial score (nSPS) is 12.0. The van der Waals surface area contributed by atoms with Crippen LogP contribution in [0.5, 0.6) is 0 Å². The van der Waals surface area contributed by atoms with Gasteiger partial charge in [0.15, 0.2) is 0 Å². The molecule has 0 spiro atoms. The minimum absolute atomic E-state index is 1.16. The van der Waals surface area contributed by atoms with Crippen molar-refractivity contribution in [2.24, 2.45) is 0 Å². The zero-order chi connectivity index (χ0) is 39.3. The maximum Gasteiger partial charge on any atom is 0.0541 e. The van der Waals surface area contributed by atoms with Gasteiger partial charge in [-0.25, -0.2) is 0 Å². The van der Waals surface area contributed by atoms with Crippen LogP contribution in [-0.2, 0) is 0 Å². The Morgan fingerprint density at radius 2 is 0.783 bits per heavy atom. The zero-order valence-electron chi connectivity index (χ0n) is 32.6. The fraction of sp³-hybridized carbons (Fsp3) is 0. The monoisotopic (exact) mass is 777 g/mol. The summed E-state index contributed by atoms with van der Waals surface area (Å²) >= 11 is 1.87. The minimum Gasteiger partial charge on any atom is -0.309 e. The van der Waals surface area contributed by atoms with E-state index in [0.717, 1.165) is 5.69 Å². The zero-order valence-corrected chi connectivity index (χ0v) is 33.4. The molecule has 278 valence electrons. The smallest absolute Gasteiger partial charge is 0.0541 e. The Morgan fingerprint density at radius 3 is 1.52 bits per heavy atom. The van der Waals surface area contributed by atoms with E-state index in [4.69, 9.17) is 0 Å². The number of nitrogens with zero attached hydrogens (tertiary/aromatic N) is 1. The van der Waals surface area contributed by atoms with Crippen LogP contribution in [0.2, 0.25) is 0 Å². The molecule has 0 saturated carbocycles. The molecule has 60 heavy (non-hydrogen) atoms. The number of benzene rings is 10. The third-order valence-corrected chi connectivity index (χ3v) is 13.9. The molecule has 0 bridgehead atoms. The predicted octanol–water partition coefficient (Wildman–Crippen LogP) is 16.6. The summed E-state index contributed by atoms with van der Waals surface area (Å²) in [5.74, 6) is 0. The van der Waals surface area contributed by atoms with E-state index in [1.165, 1.54) is 120 Å². The molecule has 0 amide bonds. The van der Waals surface area contributed by atoms with Crippen molar-refractivity contribution in [2.75, 3.05) is 0 Å². The molecule has 0 radical (unpaired) electrons. The molecule has 1 aliphatic rings. The van der Waals surface area contributed by atoms with E-state index in [2.05, 4.69) is 217 Å². The van der Waals surface area contributed by atoms with Crippen LogP contribution >= 0.6 is 11.3 Å². The molecule has 2 heteroatoms. The van der Waals surface area contributed by atoms with E-state index in [-0.39, 0.29) is 0 Å². The summed E-state index contributed by atoms with van der Waals surface area (Å²) in [5, 5.41) is 7.80. The van der Waals surface area contributed by atoms with Crippen molar-refractivity contribution in [3.05, 3.63) is 212 Å². The summed E-state index contributed by atoms with van der Waals surface area (Å²) in [7, 11) is 0. The van der Waals surface area contributed by atoms with E-state index >= 15 is 0 Å². The number of aromatic nitrogens is 1. The van der Waals surface area contributed by atoms with Crippen molar-refractivity contribution in [1.29, 1.82) is 0 Å². The van der Waals surface area contributed by atoms with Crippen LogP contribution < -0.4 is 0 Å². The maximum atomic E-state index is 2.42.